The van der Waals surface area contributed by atoms with Crippen molar-refractivity contribution < 1.29 is 28.4 Å². The predicted octanol–water partition coefficient (Wildman–Crippen LogP) is 3.82. The van der Waals surface area contributed by atoms with Crippen molar-refractivity contribution in [2.75, 3.05) is 17.3 Å². The summed E-state index contributed by atoms with van der Waals surface area (Å²) in [6, 6.07) is 9.22. The van der Waals surface area contributed by atoms with Crippen molar-refractivity contribution in [2.45, 2.75) is 25.9 Å². The minimum Gasteiger partial charge on any atom is -0.454 e. The molecule has 2 aromatic carbocycles. The molecule has 1 heterocycles. The highest BCUT2D eigenvalue weighted by Gasteiger charge is 2.38. The molecule has 1 saturated heterocycles. The SMILES string of the molecule is Cc1ccc(N2C[C@@H](C(=O)O[C@@H](CCCl)C(=O)c3ccc(F)cc3)CC2=O)cc1[N+](=O)[O-]. The Labute approximate surface area is 188 Å². The lowest BCUT2D eigenvalue weighted by molar-refractivity contribution is -0.385. The van der Waals surface area contributed by atoms with E-state index < -0.39 is 34.5 Å². The van der Waals surface area contributed by atoms with Crippen LogP contribution in [0.2, 0.25) is 0 Å². The van der Waals surface area contributed by atoms with E-state index in [9.17, 15) is 28.9 Å². The van der Waals surface area contributed by atoms with Crippen LogP contribution >= 0.6 is 11.6 Å². The van der Waals surface area contributed by atoms with Crippen LogP contribution in [0.25, 0.3) is 0 Å². The molecule has 0 N–H and O–H groups in total. The van der Waals surface area contributed by atoms with Crippen LogP contribution in [0.15, 0.2) is 42.5 Å². The zero-order valence-corrected chi connectivity index (χ0v) is 17.9. The number of nitrogens with zero attached hydrogens (tertiary/aromatic N) is 2. The fourth-order valence-corrected chi connectivity index (χ4v) is 3.65. The average molecular weight is 463 g/mol. The minimum absolute atomic E-state index is 0.0315. The molecule has 1 amide bonds. The summed E-state index contributed by atoms with van der Waals surface area (Å²) in [6.07, 6.45) is -1.27. The van der Waals surface area contributed by atoms with Gasteiger partial charge in [-0.05, 0) is 37.3 Å². The molecule has 0 bridgehead atoms. The van der Waals surface area contributed by atoms with E-state index in [-0.39, 0.29) is 42.4 Å². The van der Waals surface area contributed by atoms with Gasteiger partial charge in [-0.3, -0.25) is 24.5 Å². The van der Waals surface area contributed by atoms with Crippen LogP contribution in [0.1, 0.15) is 28.8 Å². The zero-order valence-electron chi connectivity index (χ0n) is 17.1. The van der Waals surface area contributed by atoms with E-state index in [1.165, 1.54) is 29.2 Å². The van der Waals surface area contributed by atoms with Crippen molar-refractivity contribution in [3.05, 3.63) is 69.5 Å². The maximum Gasteiger partial charge on any atom is 0.312 e. The summed E-state index contributed by atoms with van der Waals surface area (Å²) in [5, 5.41) is 11.2. The summed E-state index contributed by atoms with van der Waals surface area (Å²) in [5.41, 5.74) is 0.797. The van der Waals surface area contributed by atoms with Gasteiger partial charge in [0.25, 0.3) is 5.69 Å². The highest BCUT2D eigenvalue weighted by atomic mass is 35.5. The number of aryl methyl sites for hydroxylation is 1. The second-order valence-corrected chi connectivity index (χ2v) is 7.79. The number of Topliss-reactive ketones (excluding diaryl/α,β-unsaturated/α-hetero) is 1. The van der Waals surface area contributed by atoms with Gasteiger partial charge in [0, 0.05) is 42.5 Å². The first-order chi connectivity index (χ1) is 15.2. The topological polar surface area (TPSA) is 107 Å². The lowest BCUT2D eigenvalue weighted by Crippen LogP contribution is -2.32. The largest absolute Gasteiger partial charge is 0.454 e. The Bertz CT molecular complexity index is 1060. The maximum atomic E-state index is 13.1. The second kappa shape index (κ2) is 9.86. The molecule has 1 fully saturated rings. The number of halogens is 2. The summed E-state index contributed by atoms with van der Waals surface area (Å²) < 4.78 is 18.5. The Morgan fingerprint density at radius 3 is 2.59 bits per heavy atom. The molecule has 2 atom stereocenters. The van der Waals surface area contributed by atoms with Gasteiger partial charge < -0.3 is 9.64 Å². The number of rotatable bonds is 8. The van der Waals surface area contributed by atoms with Crippen molar-refractivity contribution in [1.29, 1.82) is 0 Å². The van der Waals surface area contributed by atoms with Crippen LogP contribution in [0.4, 0.5) is 15.8 Å². The Balaban J connectivity index is 1.72. The van der Waals surface area contributed by atoms with Gasteiger partial charge in [0.15, 0.2) is 6.10 Å². The summed E-state index contributed by atoms with van der Waals surface area (Å²) in [7, 11) is 0. The normalized spacial score (nSPS) is 16.7. The molecule has 1 aliphatic heterocycles. The van der Waals surface area contributed by atoms with Crippen LogP contribution < -0.4 is 4.90 Å². The fourth-order valence-electron chi connectivity index (χ4n) is 3.46. The molecule has 0 saturated carbocycles. The first-order valence-corrected chi connectivity index (χ1v) is 10.4. The van der Waals surface area contributed by atoms with Crippen LogP contribution in [0, 0.1) is 28.8 Å². The van der Waals surface area contributed by atoms with E-state index in [4.69, 9.17) is 16.3 Å². The van der Waals surface area contributed by atoms with Crippen LogP contribution in [-0.2, 0) is 14.3 Å². The van der Waals surface area contributed by atoms with E-state index in [2.05, 4.69) is 0 Å². The van der Waals surface area contributed by atoms with E-state index in [1.54, 1.807) is 13.0 Å². The number of esters is 1. The molecular formula is C22H20ClFN2O6. The van der Waals surface area contributed by atoms with Gasteiger partial charge in [-0.1, -0.05) is 6.07 Å². The Morgan fingerprint density at radius 2 is 1.97 bits per heavy atom. The van der Waals surface area contributed by atoms with Crippen LogP contribution in [-0.4, -0.2) is 41.1 Å². The third-order valence-corrected chi connectivity index (χ3v) is 5.43. The number of alkyl halides is 1. The van der Waals surface area contributed by atoms with Gasteiger partial charge in [-0.25, -0.2) is 4.39 Å². The number of hydrogen-bond acceptors (Lipinski definition) is 6. The molecule has 168 valence electrons. The number of nitro groups is 1. The lowest BCUT2D eigenvalue weighted by Gasteiger charge is -2.19. The second-order valence-electron chi connectivity index (χ2n) is 7.41. The Morgan fingerprint density at radius 1 is 1.28 bits per heavy atom. The van der Waals surface area contributed by atoms with Gasteiger partial charge in [-0.2, -0.15) is 0 Å². The molecule has 32 heavy (non-hydrogen) atoms. The summed E-state index contributed by atoms with van der Waals surface area (Å²) in [5.74, 6) is -2.95. The number of amides is 1. The van der Waals surface area contributed by atoms with Gasteiger partial charge in [0.1, 0.15) is 5.82 Å². The Kier molecular flexibility index (Phi) is 7.19. The highest BCUT2D eigenvalue weighted by molar-refractivity contribution is 6.18. The van der Waals surface area contributed by atoms with Gasteiger partial charge in [0.05, 0.1) is 16.5 Å². The van der Waals surface area contributed by atoms with Crippen molar-refractivity contribution in [3.8, 4) is 0 Å². The molecule has 8 nitrogen and oxygen atoms in total. The molecule has 0 unspecified atom stereocenters. The van der Waals surface area contributed by atoms with E-state index >= 15 is 0 Å². The minimum atomic E-state index is -1.17. The lowest BCUT2D eigenvalue weighted by atomic mass is 10.0. The number of ketones is 1. The first-order valence-electron chi connectivity index (χ1n) is 9.83. The van der Waals surface area contributed by atoms with Crippen molar-refractivity contribution in [2.24, 2.45) is 5.92 Å². The number of hydrogen-bond donors (Lipinski definition) is 0. The smallest absolute Gasteiger partial charge is 0.312 e. The molecule has 0 radical (unpaired) electrons. The molecule has 10 heteroatoms. The molecule has 0 spiro atoms. The van der Waals surface area contributed by atoms with Crippen molar-refractivity contribution in [3.63, 3.8) is 0 Å². The number of ether oxygens (including phenoxy) is 1. The molecule has 3 rings (SSSR count). The highest BCUT2D eigenvalue weighted by Crippen LogP contribution is 2.30. The number of carbonyl (C=O) groups excluding carboxylic acids is 3. The third kappa shape index (κ3) is 5.11. The summed E-state index contributed by atoms with van der Waals surface area (Å²) >= 11 is 5.75. The fraction of sp³-hybridized carbons (Fsp3) is 0.318. The van der Waals surface area contributed by atoms with Crippen LogP contribution in [0.5, 0.6) is 0 Å². The monoisotopic (exact) mass is 462 g/mol. The van der Waals surface area contributed by atoms with E-state index in [0.717, 1.165) is 12.1 Å². The van der Waals surface area contributed by atoms with E-state index in [0.29, 0.717) is 11.3 Å². The summed E-state index contributed by atoms with van der Waals surface area (Å²) in [4.78, 5) is 49.8. The van der Waals surface area contributed by atoms with Gasteiger partial charge in [0.2, 0.25) is 11.7 Å². The van der Waals surface area contributed by atoms with Gasteiger partial charge in [-0.15, -0.1) is 11.6 Å². The number of benzene rings is 2. The van der Waals surface area contributed by atoms with Crippen LogP contribution in [0.3, 0.4) is 0 Å². The molecule has 1 aliphatic rings. The van der Waals surface area contributed by atoms with Crippen molar-refractivity contribution >= 4 is 40.6 Å². The molecule has 2 aromatic rings. The number of anilines is 1. The summed E-state index contributed by atoms with van der Waals surface area (Å²) in [6.45, 7) is 1.55. The maximum absolute atomic E-state index is 13.1. The first kappa shape index (κ1) is 23.3. The predicted molar refractivity (Wildman–Crippen MR) is 114 cm³/mol. The standard InChI is InChI=1S/C22H20ClFN2O6/c1-13-2-7-17(11-18(13)26(30)31)25-12-15(10-20(25)27)22(29)32-19(8-9-23)21(28)14-3-5-16(24)6-4-14/h2-7,11,15,19H,8-10,12H2,1H3/t15-,19-/m0/s1. The number of carbonyl (C=O) groups is 3. The average Bonchev–Trinajstić information content (AvgIpc) is 3.15. The zero-order chi connectivity index (χ0) is 23.4. The molecule has 0 aliphatic carbocycles. The molecular weight excluding hydrogens is 443 g/mol. The number of nitro benzene ring substituents is 1. The molecule has 0 aromatic heterocycles. The third-order valence-electron chi connectivity index (χ3n) is 5.21. The van der Waals surface area contributed by atoms with Gasteiger partial charge >= 0.3 is 5.97 Å². The Hall–Kier alpha value is -3.33. The van der Waals surface area contributed by atoms with Crippen molar-refractivity contribution in [1.82, 2.24) is 0 Å². The quantitative estimate of drug-likeness (QED) is 0.194. The van der Waals surface area contributed by atoms with E-state index in [1.807, 2.05) is 0 Å².